The van der Waals surface area contributed by atoms with Gasteiger partial charge in [-0.2, -0.15) is 0 Å². The molecule has 6 heterocycles. The van der Waals surface area contributed by atoms with Crippen molar-refractivity contribution in [3.63, 3.8) is 0 Å². The number of likely N-dealkylation sites (N-methyl/N-ethyl adjacent to an activating group) is 1. The first kappa shape index (κ1) is 64.8. The molecule has 0 saturated carbocycles. The van der Waals surface area contributed by atoms with Crippen LogP contribution in [0, 0.1) is 0 Å². The van der Waals surface area contributed by atoms with Crippen molar-refractivity contribution in [1.29, 1.82) is 0 Å². The number of carbonyl (C=O) groups is 6. The van der Waals surface area contributed by atoms with Crippen molar-refractivity contribution < 1.29 is 76.2 Å². The molecule has 464 valence electrons. The smallest absolute Gasteiger partial charge is 0.335 e. The molecule has 3 saturated heterocycles. The number of benzene rings is 2. The van der Waals surface area contributed by atoms with Gasteiger partial charge in [-0.25, -0.2) is 4.79 Å². The third kappa shape index (κ3) is 17.9. The molecule has 1 aromatic heterocycles. The summed E-state index contributed by atoms with van der Waals surface area (Å²) in [6.45, 7) is 13.5. The average molecular weight is 1210 g/mol. The number of hydroxylamine groups is 2. The molecule has 0 unspecified atom stereocenters. The topological polar surface area (TPSA) is 245 Å². The van der Waals surface area contributed by atoms with Crippen molar-refractivity contribution in [2.45, 2.75) is 103 Å². The molecule has 4 amide bonds. The zero-order valence-corrected chi connectivity index (χ0v) is 51.1. The fourth-order valence-corrected chi connectivity index (χ4v) is 11.2. The largest absolute Gasteiger partial charge is 0.493 e. The molecule has 3 aromatic rings. The minimum absolute atomic E-state index is 0.00952. The van der Waals surface area contributed by atoms with E-state index in [2.05, 4.69) is 30.9 Å². The molecule has 5 aliphatic heterocycles. The van der Waals surface area contributed by atoms with E-state index in [0.29, 0.717) is 159 Å². The van der Waals surface area contributed by atoms with E-state index in [9.17, 15) is 28.8 Å². The van der Waals surface area contributed by atoms with Gasteiger partial charge < -0.3 is 62.2 Å². The molecule has 0 bridgehead atoms. The fourth-order valence-electron chi connectivity index (χ4n) is 10.2. The Hall–Kier alpha value is -7.22. The monoisotopic (exact) mass is 1210 g/mol. The van der Waals surface area contributed by atoms with E-state index >= 15 is 0 Å². The quantitative estimate of drug-likeness (QED) is 0.0325. The van der Waals surface area contributed by atoms with Crippen LogP contribution in [0.3, 0.4) is 0 Å². The average Bonchev–Trinajstić information content (AvgIpc) is 4.05. The molecular weight excluding hydrogens is 1130 g/mol. The molecule has 24 heteroatoms. The lowest BCUT2D eigenvalue weighted by Gasteiger charge is -2.29. The minimum atomic E-state index is -0.719. The van der Waals surface area contributed by atoms with Gasteiger partial charge in [0.15, 0.2) is 23.0 Å². The number of hydrogen-bond acceptors (Lipinski definition) is 21. The van der Waals surface area contributed by atoms with Crippen molar-refractivity contribution in [1.82, 2.24) is 24.7 Å². The number of rotatable bonds is 34. The van der Waals surface area contributed by atoms with Crippen LogP contribution in [0.4, 0.5) is 11.4 Å². The summed E-state index contributed by atoms with van der Waals surface area (Å²) < 4.78 is 52.5. The van der Waals surface area contributed by atoms with Gasteiger partial charge in [0.05, 0.1) is 119 Å². The van der Waals surface area contributed by atoms with Crippen molar-refractivity contribution in [3.8, 4) is 28.7 Å². The molecule has 8 rings (SSSR count). The lowest BCUT2D eigenvalue weighted by molar-refractivity contribution is -0.198. The molecule has 0 spiro atoms. The number of imide groups is 1. The lowest BCUT2D eigenvalue weighted by atomic mass is 10.1. The van der Waals surface area contributed by atoms with Crippen LogP contribution in [-0.4, -0.2) is 202 Å². The van der Waals surface area contributed by atoms with Gasteiger partial charge in [-0.05, 0) is 66.1 Å². The molecule has 0 aliphatic carbocycles. The van der Waals surface area contributed by atoms with Crippen LogP contribution in [0.25, 0.3) is 0 Å². The number of amides is 4. The van der Waals surface area contributed by atoms with E-state index in [1.807, 2.05) is 55.3 Å². The minimum Gasteiger partial charge on any atom is -0.493 e. The van der Waals surface area contributed by atoms with E-state index in [1.54, 1.807) is 36.0 Å². The SMILES string of the molecule is C/C=C1\C[C@H]2C=Nc3cc(OCc4cc(OCCN(C)CC(C)(C)SCC(=O)CCCOCCOCCOCCOCCC(=O)ON5C(=O)CCC5=O)cc(COc5cc6c(cc5OC)C(=O)N5C/C(=C/C)C[C@H]5C=N6)n4)c(OC)cc3C(=O)N2C1. The Morgan fingerprint density at radius 3 is 1.65 bits per heavy atom. The van der Waals surface area contributed by atoms with Crippen molar-refractivity contribution in [3.05, 3.63) is 82.2 Å². The molecule has 0 radical (unpaired) electrons. The second kappa shape index (κ2) is 31.4. The van der Waals surface area contributed by atoms with E-state index in [-0.39, 0.29) is 80.1 Å². The third-order valence-electron chi connectivity index (χ3n) is 14.8. The van der Waals surface area contributed by atoms with Gasteiger partial charge in [-0.1, -0.05) is 23.3 Å². The first-order valence-electron chi connectivity index (χ1n) is 29.1. The Morgan fingerprint density at radius 1 is 0.651 bits per heavy atom. The van der Waals surface area contributed by atoms with Crippen LogP contribution in [0.1, 0.15) is 105 Å². The first-order chi connectivity index (χ1) is 41.5. The Kier molecular flexibility index (Phi) is 23.7. The zero-order chi connectivity index (χ0) is 61.2. The Bertz CT molecular complexity index is 2910. The lowest BCUT2D eigenvalue weighted by Crippen LogP contribution is -2.37. The first-order valence-corrected chi connectivity index (χ1v) is 30.1. The number of thioether (sulfide) groups is 1. The van der Waals surface area contributed by atoms with E-state index in [4.69, 9.17) is 62.4 Å². The summed E-state index contributed by atoms with van der Waals surface area (Å²) >= 11 is 1.62. The number of pyridine rings is 1. The number of carbonyl (C=O) groups excluding carboxylic acids is 6. The van der Waals surface area contributed by atoms with Gasteiger partial charge in [-0.3, -0.25) is 38.9 Å². The maximum Gasteiger partial charge on any atom is 0.335 e. The van der Waals surface area contributed by atoms with Gasteiger partial charge in [0, 0.05) is 93.5 Å². The van der Waals surface area contributed by atoms with Crippen LogP contribution in [0.15, 0.2) is 69.7 Å². The highest BCUT2D eigenvalue weighted by Crippen LogP contribution is 2.41. The van der Waals surface area contributed by atoms with Crippen LogP contribution in [0.2, 0.25) is 0 Å². The molecule has 86 heavy (non-hydrogen) atoms. The number of hydrogen-bond donors (Lipinski definition) is 0. The van der Waals surface area contributed by atoms with Crippen molar-refractivity contribution in [2.24, 2.45) is 9.98 Å². The number of methoxy groups -OCH3 is 2. The Labute approximate surface area is 506 Å². The van der Waals surface area contributed by atoms with Gasteiger partial charge >= 0.3 is 5.97 Å². The summed E-state index contributed by atoms with van der Waals surface area (Å²) in [6, 6.07) is 10.2. The summed E-state index contributed by atoms with van der Waals surface area (Å²) in [5, 5.41) is 0.513. The number of fused-ring (bicyclic) bond motifs is 4. The second-order valence-corrected chi connectivity index (χ2v) is 23.5. The predicted octanol–water partition coefficient (Wildman–Crippen LogP) is 7.25. The number of allylic oxidation sites excluding steroid dienone is 2. The molecule has 2 atom stereocenters. The Morgan fingerprint density at radius 2 is 1.15 bits per heavy atom. The highest BCUT2D eigenvalue weighted by Gasteiger charge is 2.37. The fraction of sp³-hybridized carbons (Fsp3) is 0.532. The molecular formula is C62H79N7O16S. The highest BCUT2D eigenvalue weighted by molar-refractivity contribution is 8.01. The van der Waals surface area contributed by atoms with Crippen LogP contribution >= 0.6 is 11.8 Å². The molecule has 23 nitrogen and oxygen atoms in total. The summed E-state index contributed by atoms with van der Waals surface area (Å²) in [5.74, 6) is 0.604. The van der Waals surface area contributed by atoms with Gasteiger partial charge in [0.25, 0.3) is 23.6 Å². The number of Topliss-reactive ketones (excluding diaryl/α,β-unsaturated/α-hetero) is 1. The van der Waals surface area contributed by atoms with Gasteiger partial charge in [-0.15, -0.1) is 16.8 Å². The summed E-state index contributed by atoms with van der Waals surface area (Å²) in [5.41, 5.74) is 5.30. The third-order valence-corrected chi connectivity index (χ3v) is 16.2. The number of ether oxygens (including phenoxy) is 9. The standard InChI is InChI=1S/C62H79N7O16S/c1-8-41-25-45-33-63-51-31-55(53(76-6)29-49(51)60(74)67(45)35-41)83-37-43-27-48(28-44(65-43)38-84-56-32-52-50(30-54(56)77-7)61(75)68-36-42(9-2)26-46(68)34-64-52)82-18-15-66(5)40-62(3,4)86-39-47(70)11-10-16-78-19-21-80-23-24-81-22-20-79-17-14-59(73)85-69-57(71)12-13-58(69)72/h8-9,27-34,45-46H,10-26,35-40H2,1-7H3/b41-8+,42-9+/t45-,46-/m0/s1. The van der Waals surface area contributed by atoms with Crippen LogP contribution in [-0.2, 0) is 56.2 Å². The number of nitrogens with zero attached hydrogens (tertiary/aromatic N) is 7. The second-order valence-electron chi connectivity index (χ2n) is 21.8. The van der Waals surface area contributed by atoms with E-state index in [0.717, 1.165) is 12.8 Å². The van der Waals surface area contributed by atoms with Crippen LogP contribution in [0.5, 0.6) is 28.7 Å². The zero-order valence-electron chi connectivity index (χ0n) is 50.3. The maximum atomic E-state index is 13.8. The normalized spacial score (nSPS) is 18.2. The maximum absolute atomic E-state index is 13.8. The Balaban J connectivity index is 0.779. The van der Waals surface area contributed by atoms with Crippen LogP contribution < -0.4 is 23.7 Å². The number of aromatic nitrogens is 1. The molecule has 2 aromatic carbocycles. The number of aliphatic imine (C=N–C) groups is 2. The summed E-state index contributed by atoms with van der Waals surface area (Å²) in [4.78, 5) is 100. The highest BCUT2D eigenvalue weighted by atomic mass is 32.2. The van der Waals surface area contributed by atoms with Gasteiger partial charge in [0.1, 0.15) is 31.4 Å². The molecule has 5 aliphatic rings. The van der Waals surface area contributed by atoms with Crippen molar-refractivity contribution in [2.75, 3.05) is 113 Å². The predicted molar refractivity (Wildman–Crippen MR) is 320 cm³/mol. The summed E-state index contributed by atoms with van der Waals surface area (Å²) in [6.07, 6.45) is 10.2. The summed E-state index contributed by atoms with van der Waals surface area (Å²) in [7, 11) is 5.08. The molecule has 0 N–H and O–H groups in total. The molecule has 3 fully saturated rings. The van der Waals surface area contributed by atoms with E-state index in [1.165, 1.54) is 25.4 Å². The van der Waals surface area contributed by atoms with Crippen molar-refractivity contribution >= 4 is 70.9 Å². The van der Waals surface area contributed by atoms with Gasteiger partial charge in [0.2, 0.25) is 0 Å². The number of ketones is 1. The van der Waals surface area contributed by atoms with E-state index < -0.39 is 17.8 Å².